The standard InChI is InChI=1S/C65H117NO8/c1-3-5-7-9-11-13-15-17-19-21-23-24-25-26-27-28-29-30-31-32-33-34-35-36-37-39-41-43-45-47-49-51-53-55-61(69)66-58(57-73-65-64(72)63(71)62(70)60(56-67)74-65)59(68)54-52-50-48-46-44-42-40-38-22-20-18-16-14-12-10-8-6-4-2/h15,17,21-23,25-26,38,44,46,52,54,58-60,62-65,67-68,70-72H,3-14,16,18-20,24,27-37,39-43,45,47-51,53,55-57H2,1-2H3,(H,66,69)/b17-15-,23-21-,26-25-,38-22+,46-44+,54-52+. The molecule has 0 aliphatic carbocycles. The van der Waals surface area contributed by atoms with Gasteiger partial charge >= 0.3 is 0 Å². The van der Waals surface area contributed by atoms with E-state index in [9.17, 15) is 30.3 Å². The third-order valence-electron chi connectivity index (χ3n) is 14.5. The van der Waals surface area contributed by atoms with Crippen molar-refractivity contribution in [2.45, 2.75) is 320 Å². The lowest BCUT2D eigenvalue weighted by molar-refractivity contribution is -0.302. The summed E-state index contributed by atoms with van der Waals surface area (Å²) in [6.07, 6.45) is 68.4. The number of nitrogens with one attached hydrogen (secondary N) is 1. The zero-order valence-electron chi connectivity index (χ0n) is 47.8. The quantitative estimate of drug-likeness (QED) is 0.0261. The molecule has 74 heavy (non-hydrogen) atoms. The number of rotatable bonds is 53. The molecule has 0 aromatic carbocycles. The van der Waals surface area contributed by atoms with E-state index in [1.165, 1.54) is 199 Å². The van der Waals surface area contributed by atoms with Crippen molar-refractivity contribution in [2.75, 3.05) is 13.2 Å². The Bertz CT molecular complexity index is 1390. The highest BCUT2D eigenvalue weighted by Crippen LogP contribution is 2.23. The molecule has 1 aliphatic rings. The molecular weight excluding hydrogens is 923 g/mol. The molecule has 1 rings (SSSR count). The second kappa shape index (κ2) is 54.0. The van der Waals surface area contributed by atoms with Crippen LogP contribution >= 0.6 is 0 Å². The Morgan fingerprint density at radius 2 is 0.811 bits per heavy atom. The summed E-state index contributed by atoms with van der Waals surface area (Å²) in [6.45, 7) is 3.76. The van der Waals surface area contributed by atoms with Crippen LogP contribution in [0.25, 0.3) is 0 Å². The van der Waals surface area contributed by atoms with Crippen molar-refractivity contribution in [2.24, 2.45) is 0 Å². The van der Waals surface area contributed by atoms with Crippen LogP contribution in [0.5, 0.6) is 0 Å². The maximum absolute atomic E-state index is 13.1. The van der Waals surface area contributed by atoms with Gasteiger partial charge in [0.25, 0.3) is 0 Å². The predicted molar refractivity (Wildman–Crippen MR) is 313 cm³/mol. The summed E-state index contributed by atoms with van der Waals surface area (Å²) in [7, 11) is 0. The summed E-state index contributed by atoms with van der Waals surface area (Å²) in [5.74, 6) is -0.190. The number of ether oxygens (including phenoxy) is 2. The minimum absolute atomic E-state index is 0.190. The van der Waals surface area contributed by atoms with E-state index in [-0.39, 0.29) is 12.5 Å². The van der Waals surface area contributed by atoms with Gasteiger partial charge in [-0.15, -0.1) is 0 Å². The molecule has 7 atom stereocenters. The van der Waals surface area contributed by atoms with Crippen LogP contribution in [0.15, 0.2) is 72.9 Å². The first-order chi connectivity index (χ1) is 36.3. The van der Waals surface area contributed by atoms with Gasteiger partial charge in [-0.2, -0.15) is 0 Å². The largest absolute Gasteiger partial charge is 0.394 e. The molecule has 1 heterocycles. The Morgan fingerprint density at radius 3 is 1.23 bits per heavy atom. The van der Waals surface area contributed by atoms with Gasteiger partial charge in [0.1, 0.15) is 24.4 Å². The third-order valence-corrected chi connectivity index (χ3v) is 14.5. The molecule has 0 radical (unpaired) electrons. The van der Waals surface area contributed by atoms with Crippen molar-refractivity contribution in [3.05, 3.63) is 72.9 Å². The fraction of sp³-hybridized carbons (Fsp3) is 0.800. The average molecular weight is 1040 g/mol. The molecule has 0 bridgehead atoms. The molecule has 1 saturated heterocycles. The second-order valence-corrected chi connectivity index (χ2v) is 21.5. The molecule has 1 aliphatic heterocycles. The van der Waals surface area contributed by atoms with Crippen LogP contribution in [-0.4, -0.2) is 87.5 Å². The number of carbonyl (C=O) groups excluding carboxylic acids is 1. The van der Waals surface area contributed by atoms with E-state index in [1.807, 2.05) is 6.08 Å². The Balaban J connectivity index is 2.16. The molecule has 7 unspecified atom stereocenters. The molecular formula is C65H117NO8. The number of allylic oxidation sites excluding steroid dienone is 11. The number of aliphatic hydroxyl groups is 5. The summed E-state index contributed by atoms with van der Waals surface area (Å²) in [5, 5.41) is 54.5. The maximum atomic E-state index is 13.1. The van der Waals surface area contributed by atoms with Gasteiger partial charge in [-0.25, -0.2) is 0 Å². The van der Waals surface area contributed by atoms with Gasteiger partial charge in [-0.1, -0.05) is 260 Å². The Morgan fingerprint density at radius 1 is 0.459 bits per heavy atom. The smallest absolute Gasteiger partial charge is 0.220 e. The lowest BCUT2D eigenvalue weighted by Gasteiger charge is -2.40. The van der Waals surface area contributed by atoms with Crippen molar-refractivity contribution in [3.8, 4) is 0 Å². The second-order valence-electron chi connectivity index (χ2n) is 21.5. The molecule has 9 nitrogen and oxygen atoms in total. The number of aliphatic hydroxyl groups excluding tert-OH is 5. The first-order valence-corrected chi connectivity index (χ1v) is 31.2. The molecule has 0 aromatic heterocycles. The van der Waals surface area contributed by atoms with Crippen molar-refractivity contribution in [1.29, 1.82) is 0 Å². The topological polar surface area (TPSA) is 149 Å². The highest BCUT2D eigenvalue weighted by molar-refractivity contribution is 5.76. The highest BCUT2D eigenvalue weighted by Gasteiger charge is 2.44. The fourth-order valence-electron chi connectivity index (χ4n) is 9.55. The SMILES string of the molecule is CCCCCCC/C=C\C/C=C\C/C=C\CCCCCCCCCCCCCCCCCCCCC(=O)NC(COC1OC(CO)C(O)C(O)C1O)C(O)/C=C/CC/C=C/CC/C=C/CCCCCCCCCC. The fourth-order valence-corrected chi connectivity index (χ4v) is 9.55. The van der Waals surface area contributed by atoms with Crippen molar-refractivity contribution >= 4 is 5.91 Å². The zero-order valence-corrected chi connectivity index (χ0v) is 47.8. The lowest BCUT2D eigenvalue weighted by atomic mass is 9.99. The van der Waals surface area contributed by atoms with E-state index in [2.05, 4.69) is 79.9 Å². The molecule has 0 saturated carbocycles. The van der Waals surface area contributed by atoms with E-state index in [4.69, 9.17) is 9.47 Å². The van der Waals surface area contributed by atoms with Gasteiger partial charge in [-0.05, 0) is 83.5 Å². The molecule has 6 N–H and O–H groups in total. The number of hydrogen-bond donors (Lipinski definition) is 6. The highest BCUT2D eigenvalue weighted by atomic mass is 16.7. The van der Waals surface area contributed by atoms with Gasteiger partial charge in [0.15, 0.2) is 6.29 Å². The summed E-state index contributed by atoms with van der Waals surface area (Å²) in [6, 6.07) is -0.830. The third kappa shape index (κ3) is 42.7. The van der Waals surface area contributed by atoms with Crippen molar-refractivity contribution in [3.63, 3.8) is 0 Å². The van der Waals surface area contributed by atoms with Crippen LogP contribution in [0.1, 0.15) is 277 Å². The Kier molecular flexibility index (Phi) is 50.8. The van der Waals surface area contributed by atoms with Gasteiger partial charge in [0.05, 0.1) is 25.4 Å². The van der Waals surface area contributed by atoms with Crippen LogP contribution < -0.4 is 5.32 Å². The number of carbonyl (C=O) groups is 1. The molecule has 9 heteroatoms. The molecule has 0 spiro atoms. The van der Waals surface area contributed by atoms with Crippen LogP contribution in [0.2, 0.25) is 0 Å². The van der Waals surface area contributed by atoms with Crippen molar-refractivity contribution in [1.82, 2.24) is 5.32 Å². The van der Waals surface area contributed by atoms with Crippen LogP contribution in [0.4, 0.5) is 0 Å². The molecule has 1 fully saturated rings. The van der Waals surface area contributed by atoms with E-state index >= 15 is 0 Å². The number of unbranched alkanes of at least 4 members (excludes halogenated alkanes) is 33. The van der Waals surface area contributed by atoms with E-state index in [0.717, 1.165) is 57.8 Å². The monoisotopic (exact) mass is 1040 g/mol. The summed E-state index contributed by atoms with van der Waals surface area (Å²) in [4.78, 5) is 13.1. The number of amides is 1. The maximum Gasteiger partial charge on any atom is 0.220 e. The molecule has 1 amide bonds. The lowest BCUT2D eigenvalue weighted by Crippen LogP contribution is -2.60. The van der Waals surface area contributed by atoms with E-state index < -0.39 is 49.5 Å². The molecule has 0 aromatic rings. The van der Waals surface area contributed by atoms with E-state index in [0.29, 0.717) is 6.42 Å². The zero-order chi connectivity index (χ0) is 53.6. The van der Waals surface area contributed by atoms with Crippen LogP contribution in [0, 0.1) is 0 Å². The average Bonchev–Trinajstić information content (AvgIpc) is 3.40. The van der Waals surface area contributed by atoms with Crippen LogP contribution in [-0.2, 0) is 14.3 Å². The van der Waals surface area contributed by atoms with E-state index in [1.54, 1.807) is 6.08 Å². The first kappa shape index (κ1) is 69.6. The van der Waals surface area contributed by atoms with Gasteiger partial charge in [0, 0.05) is 6.42 Å². The normalized spacial score (nSPS) is 19.5. The minimum atomic E-state index is -1.58. The van der Waals surface area contributed by atoms with Crippen LogP contribution in [0.3, 0.4) is 0 Å². The Hall–Kier alpha value is -2.37. The van der Waals surface area contributed by atoms with Gasteiger partial charge < -0.3 is 40.3 Å². The summed E-state index contributed by atoms with van der Waals surface area (Å²) >= 11 is 0. The molecule has 430 valence electrons. The predicted octanol–water partition coefficient (Wildman–Crippen LogP) is 16.0. The van der Waals surface area contributed by atoms with Gasteiger partial charge in [-0.3, -0.25) is 4.79 Å². The first-order valence-electron chi connectivity index (χ1n) is 31.2. The summed E-state index contributed by atoms with van der Waals surface area (Å²) < 4.78 is 11.3. The number of hydrogen-bond acceptors (Lipinski definition) is 8. The minimum Gasteiger partial charge on any atom is -0.394 e. The Labute approximate surface area is 455 Å². The summed E-state index contributed by atoms with van der Waals surface area (Å²) in [5.41, 5.74) is 0. The van der Waals surface area contributed by atoms with Gasteiger partial charge in [0.2, 0.25) is 5.91 Å². The van der Waals surface area contributed by atoms with Crippen molar-refractivity contribution < 1.29 is 39.8 Å².